The van der Waals surface area contributed by atoms with E-state index in [4.69, 9.17) is 10.5 Å². The molecule has 0 radical (unpaired) electrons. The number of carbonyl (C=O) groups excluding carboxylic acids is 1. The summed E-state index contributed by atoms with van der Waals surface area (Å²) in [4.78, 5) is 12.1. The maximum absolute atomic E-state index is 12.1. The van der Waals surface area contributed by atoms with Crippen molar-refractivity contribution >= 4 is 5.78 Å². The van der Waals surface area contributed by atoms with Gasteiger partial charge < -0.3 is 10.5 Å². The lowest BCUT2D eigenvalue weighted by Crippen LogP contribution is -2.42. The average Bonchev–Trinajstić information content (AvgIpc) is 2.28. The van der Waals surface area contributed by atoms with Crippen LogP contribution in [-0.4, -0.2) is 25.5 Å². The predicted molar refractivity (Wildman–Crippen MR) is 60.6 cm³/mol. The molecule has 1 aliphatic carbocycles. The minimum atomic E-state index is -0.424. The van der Waals surface area contributed by atoms with E-state index in [2.05, 4.69) is 6.92 Å². The first-order valence-electron chi connectivity index (χ1n) is 5.99. The van der Waals surface area contributed by atoms with Crippen LogP contribution < -0.4 is 5.73 Å². The molecular formula is C12H23NO2. The van der Waals surface area contributed by atoms with Gasteiger partial charge >= 0.3 is 0 Å². The first-order chi connectivity index (χ1) is 7.20. The molecule has 1 saturated carbocycles. The number of methoxy groups -OCH3 is 1. The lowest BCUT2D eigenvalue weighted by Gasteiger charge is -2.31. The fraction of sp³-hybridized carbons (Fsp3) is 0.917. The number of hydrogen-bond donors (Lipinski definition) is 1. The fourth-order valence-corrected chi connectivity index (χ4v) is 2.61. The largest absolute Gasteiger partial charge is 0.383 e. The molecule has 88 valence electrons. The number of Topliss-reactive ketones (excluding diaryl/α,β-unsaturated/α-hetero) is 1. The molecule has 0 aromatic rings. The Kier molecular flexibility index (Phi) is 5.26. The Labute approximate surface area is 92.4 Å². The average molecular weight is 213 g/mol. The van der Waals surface area contributed by atoms with Crippen LogP contribution in [0, 0.1) is 11.8 Å². The van der Waals surface area contributed by atoms with Crippen molar-refractivity contribution in [2.45, 2.75) is 45.1 Å². The van der Waals surface area contributed by atoms with Crippen molar-refractivity contribution in [3.05, 3.63) is 0 Å². The lowest BCUT2D eigenvalue weighted by molar-refractivity contribution is -0.128. The van der Waals surface area contributed by atoms with Gasteiger partial charge in [-0.05, 0) is 18.8 Å². The number of rotatable bonds is 5. The first kappa shape index (κ1) is 12.7. The predicted octanol–water partition coefficient (Wildman–Crippen LogP) is 1.75. The second-order valence-electron chi connectivity index (χ2n) is 4.52. The molecule has 3 nitrogen and oxygen atoms in total. The van der Waals surface area contributed by atoms with Gasteiger partial charge in [0.15, 0.2) is 5.78 Å². The highest BCUT2D eigenvalue weighted by atomic mass is 16.5. The Hall–Kier alpha value is -0.410. The molecular weight excluding hydrogens is 190 g/mol. The summed E-state index contributed by atoms with van der Waals surface area (Å²) in [6.45, 7) is 2.52. The Morgan fingerprint density at radius 1 is 1.47 bits per heavy atom. The summed E-state index contributed by atoms with van der Waals surface area (Å²) in [5, 5.41) is 0. The molecule has 0 aromatic carbocycles. The van der Waals surface area contributed by atoms with Gasteiger partial charge in [0, 0.05) is 13.0 Å². The SMILES string of the molecule is CCC1CCCCC1C(=O)C(N)COC. The Bertz CT molecular complexity index is 206. The van der Waals surface area contributed by atoms with E-state index in [1.54, 1.807) is 7.11 Å². The molecule has 0 amide bonds. The molecule has 3 unspecified atom stereocenters. The standard InChI is InChI=1S/C12H23NO2/c1-3-9-6-4-5-7-10(9)12(14)11(13)8-15-2/h9-11H,3-8,13H2,1-2H3. The summed E-state index contributed by atoms with van der Waals surface area (Å²) in [6.07, 6.45) is 5.74. The van der Waals surface area contributed by atoms with Crippen molar-refractivity contribution in [1.82, 2.24) is 0 Å². The van der Waals surface area contributed by atoms with Crippen LogP contribution in [0.5, 0.6) is 0 Å². The quantitative estimate of drug-likeness (QED) is 0.757. The van der Waals surface area contributed by atoms with E-state index in [0.717, 1.165) is 12.8 Å². The minimum absolute atomic E-state index is 0.189. The maximum Gasteiger partial charge on any atom is 0.155 e. The minimum Gasteiger partial charge on any atom is -0.383 e. The van der Waals surface area contributed by atoms with Crippen LogP contribution in [0.4, 0.5) is 0 Å². The molecule has 0 saturated heterocycles. The van der Waals surface area contributed by atoms with Gasteiger partial charge in [-0.3, -0.25) is 4.79 Å². The topological polar surface area (TPSA) is 52.3 Å². The van der Waals surface area contributed by atoms with Crippen molar-refractivity contribution in [2.75, 3.05) is 13.7 Å². The van der Waals surface area contributed by atoms with Crippen molar-refractivity contribution < 1.29 is 9.53 Å². The van der Waals surface area contributed by atoms with Crippen molar-refractivity contribution in [3.8, 4) is 0 Å². The number of carbonyl (C=O) groups is 1. The second-order valence-corrected chi connectivity index (χ2v) is 4.52. The van der Waals surface area contributed by atoms with Crippen LogP contribution in [0.1, 0.15) is 39.0 Å². The van der Waals surface area contributed by atoms with Crippen LogP contribution in [0.25, 0.3) is 0 Å². The summed E-state index contributed by atoms with van der Waals surface area (Å²) in [5.74, 6) is 0.950. The molecule has 1 rings (SSSR count). The van der Waals surface area contributed by atoms with Crippen LogP contribution in [0.3, 0.4) is 0 Å². The summed E-state index contributed by atoms with van der Waals surface area (Å²) in [6, 6.07) is -0.424. The molecule has 3 atom stereocenters. The van der Waals surface area contributed by atoms with E-state index in [-0.39, 0.29) is 11.7 Å². The van der Waals surface area contributed by atoms with Gasteiger partial charge in [0.1, 0.15) is 0 Å². The molecule has 0 spiro atoms. The molecule has 0 heterocycles. The monoisotopic (exact) mass is 213 g/mol. The molecule has 1 aliphatic rings. The Morgan fingerprint density at radius 2 is 2.13 bits per heavy atom. The second kappa shape index (κ2) is 6.23. The summed E-state index contributed by atoms with van der Waals surface area (Å²) in [5.41, 5.74) is 5.80. The van der Waals surface area contributed by atoms with Crippen LogP contribution in [0.15, 0.2) is 0 Å². The third-order valence-corrected chi connectivity index (χ3v) is 3.51. The highest BCUT2D eigenvalue weighted by Crippen LogP contribution is 2.33. The van der Waals surface area contributed by atoms with Gasteiger partial charge in [-0.2, -0.15) is 0 Å². The zero-order valence-electron chi connectivity index (χ0n) is 9.87. The smallest absolute Gasteiger partial charge is 0.155 e. The number of ketones is 1. The van der Waals surface area contributed by atoms with Crippen LogP contribution in [-0.2, 0) is 9.53 Å². The van der Waals surface area contributed by atoms with Gasteiger partial charge in [-0.25, -0.2) is 0 Å². The normalized spacial score (nSPS) is 28.7. The highest BCUT2D eigenvalue weighted by Gasteiger charge is 2.32. The number of ether oxygens (including phenoxy) is 1. The molecule has 0 aromatic heterocycles. The molecule has 15 heavy (non-hydrogen) atoms. The van der Waals surface area contributed by atoms with E-state index >= 15 is 0 Å². The van der Waals surface area contributed by atoms with Gasteiger partial charge in [0.05, 0.1) is 12.6 Å². The molecule has 1 fully saturated rings. The summed E-state index contributed by atoms with van der Waals surface area (Å²) < 4.78 is 4.94. The van der Waals surface area contributed by atoms with Gasteiger partial charge in [-0.15, -0.1) is 0 Å². The van der Waals surface area contributed by atoms with E-state index in [1.165, 1.54) is 19.3 Å². The van der Waals surface area contributed by atoms with Crippen molar-refractivity contribution in [2.24, 2.45) is 17.6 Å². The summed E-state index contributed by atoms with van der Waals surface area (Å²) >= 11 is 0. The van der Waals surface area contributed by atoms with Crippen LogP contribution in [0.2, 0.25) is 0 Å². The highest BCUT2D eigenvalue weighted by molar-refractivity contribution is 5.86. The summed E-state index contributed by atoms with van der Waals surface area (Å²) in [7, 11) is 1.59. The van der Waals surface area contributed by atoms with Crippen molar-refractivity contribution in [3.63, 3.8) is 0 Å². The molecule has 3 heteroatoms. The van der Waals surface area contributed by atoms with E-state index in [9.17, 15) is 4.79 Å². The van der Waals surface area contributed by atoms with E-state index in [1.807, 2.05) is 0 Å². The Morgan fingerprint density at radius 3 is 2.73 bits per heavy atom. The molecule has 0 aliphatic heterocycles. The zero-order chi connectivity index (χ0) is 11.3. The van der Waals surface area contributed by atoms with Crippen LogP contribution >= 0.6 is 0 Å². The van der Waals surface area contributed by atoms with Crippen molar-refractivity contribution in [1.29, 1.82) is 0 Å². The zero-order valence-corrected chi connectivity index (χ0v) is 9.87. The fourth-order valence-electron chi connectivity index (χ4n) is 2.61. The van der Waals surface area contributed by atoms with E-state index in [0.29, 0.717) is 12.5 Å². The Balaban J connectivity index is 2.55. The molecule has 2 N–H and O–H groups in total. The third kappa shape index (κ3) is 3.28. The maximum atomic E-state index is 12.1. The molecule has 0 bridgehead atoms. The first-order valence-corrected chi connectivity index (χ1v) is 5.99. The third-order valence-electron chi connectivity index (χ3n) is 3.51. The number of nitrogens with two attached hydrogens (primary N) is 1. The van der Waals surface area contributed by atoms with Gasteiger partial charge in [0.2, 0.25) is 0 Å². The lowest BCUT2D eigenvalue weighted by atomic mass is 9.74. The van der Waals surface area contributed by atoms with E-state index < -0.39 is 6.04 Å². The van der Waals surface area contributed by atoms with Gasteiger partial charge in [0.25, 0.3) is 0 Å². The number of hydrogen-bond acceptors (Lipinski definition) is 3. The van der Waals surface area contributed by atoms with Gasteiger partial charge in [-0.1, -0.05) is 26.2 Å².